The van der Waals surface area contributed by atoms with Gasteiger partial charge in [0, 0.05) is 40.9 Å². The van der Waals surface area contributed by atoms with Gasteiger partial charge in [-0.05, 0) is 6.42 Å². The Morgan fingerprint density at radius 2 is 2.19 bits per heavy atom. The first-order valence-corrected chi connectivity index (χ1v) is 6.84. The molecule has 0 aromatic carbocycles. The second-order valence-corrected chi connectivity index (χ2v) is 5.29. The Bertz CT molecular complexity index is 366. The lowest BCUT2D eigenvalue weighted by atomic mass is 10.5. The Hall–Kier alpha value is -0.700. The van der Waals surface area contributed by atoms with Crippen molar-refractivity contribution in [3.05, 3.63) is 5.82 Å². The molecule has 92 valence electrons. The van der Waals surface area contributed by atoms with Gasteiger partial charge in [-0.3, -0.25) is 4.21 Å². The molecule has 0 saturated heterocycles. The second kappa shape index (κ2) is 5.58. The molecule has 0 saturated carbocycles. The number of aromatic nitrogens is 2. The van der Waals surface area contributed by atoms with Crippen LogP contribution in [0.1, 0.15) is 12.2 Å². The molecule has 0 amide bonds. The van der Waals surface area contributed by atoms with E-state index < -0.39 is 22.8 Å². The standard InChI is InChI=1S/C7H10F3N3OS2/c1-16(14)4-2-3-11-6-12-5(13-15-6)7(8,9)10/h2-4H2,1H3,(H,11,12,13). The molecular weight excluding hydrogens is 263 g/mol. The van der Waals surface area contributed by atoms with Gasteiger partial charge in [0.15, 0.2) is 0 Å². The van der Waals surface area contributed by atoms with Gasteiger partial charge in [-0.25, -0.2) is 0 Å². The van der Waals surface area contributed by atoms with Gasteiger partial charge in [0.2, 0.25) is 11.0 Å². The maximum Gasteiger partial charge on any atom is 0.452 e. The highest BCUT2D eigenvalue weighted by Crippen LogP contribution is 2.28. The van der Waals surface area contributed by atoms with E-state index in [4.69, 9.17) is 0 Å². The SMILES string of the molecule is CS(=O)CCCNc1nc(C(F)(F)F)ns1. The molecule has 1 aromatic heterocycles. The van der Waals surface area contributed by atoms with Crippen LogP contribution >= 0.6 is 11.5 Å². The van der Waals surface area contributed by atoms with Crippen LogP contribution in [0.15, 0.2) is 0 Å². The fourth-order valence-electron chi connectivity index (χ4n) is 0.881. The first-order valence-electron chi connectivity index (χ1n) is 4.34. The molecule has 1 atom stereocenters. The Kier molecular flexibility index (Phi) is 4.66. The van der Waals surface area contributed by atoms with Gasteiger partial charge in [-0.1, -0.05) is 0 Å². The molecule has 0 bridgehead atoms. The summed E-state index contributed by atoms with van der Waals surface area (Å²) in [5, 5.41) is 2.84. The summed E-state index contributed by atoms with van der Waals surface area (Å²) in [6, 6.07) is 0. The number of anilines is 1. The molecule has 0 aliphatic heterocycles. The summed E-state index contributed by atoms with van der Waals surface area (Å²) >= 11 is 0.667. The zero-order valence-electron chi connectivity index (χ0n) is 8.37. The van der Waals surface area contributed by atoms with Gasteiger partial charge in [0.1, 0.15) is 0 Å². The molecule has 0 fully saturated rings. The number of alkyl halides is 3. The van der Waals surface area contributed by atoms with Crippen molar-refractivity contribution in [2.24, 2.45) is 0 Å². The third kappa shape index (κ3) is 4.44. The van der Waals surface area contributed by atoms with Crippen LogP contribution in [0.3, 0.4) is 0 Å². The minimum atomic E-state index is -4.50. The lowest BCUT2D eigenvalue weighted by molar-refractivity contribution is -0.144. The van der Waals surface area contributed by atoms with Crippen molar-refractivity contribution in [3.63, 3.8) is 0 Å². The molecule has 1 aromatic rings. The zero-order chi connectivity index (χ0) is 12.2. The third-order valence-corrected chi connectivity index (χ3v) is 3.10. The summed E-state index contributed by atoms with van der Waals surface area (Å²) in [5.74, 6) is -0.614. The topological polar surface area (TPSA) is 54.9 Å². The van der Waals surface area contributed by atoms with Gasteiger partial charge in [0.25, 0.3) is 0 Å². The van der Waals surface area contributed by atoms with E-state index in [1.54, 1.807) is 6.26 Å². The number of hydrogen-bond acceptors (Lipinski definition) is 5. The summed E-state index contributed by atoms with van der Waals surface area (Å²) in [5.41, 5.74) is 0. The summed E-state index contributed by atoms with van der Waals surface area (Å²) in [7, 11) is -0.885. The molecule has 1 heterocycles. The first-order chi connectivity index (χ1) is 7.39. The highest BCUT2D eigenvalue weighted by atomic mass is 32.2. The average Bonchev–Trinajstić information content (AvgIpc) is 2.59. The van der Waals surface area contributed by atoms with Gasteiger partial charge in [0.05, 0.1) is 0 Å². The summed E-state index contributed by atoms with van der Waals surface area (Å²) < 4.78 is 50.2. The van der Waals surface area contributed by atoms with Crippen molar-refractivity contribution >= 4 is 27.5 Å². The monoisotopic (exact) mass is 273 g/mol. The smallest absolute Gasteiger partial charge is 0.360 e. The second-order valence-electron chi connectivity index (χ2n) is 2.98. The van der Waals surface area contributed by atoms with E-state index in [2.05, 4.69) is 14.7 Å². The number of hydrogen-bond donors (Lipinski definition) is 1. The summed E-state index contributed by atoms with van der Waals surface area (Å²) in [6.07, 6.45) is -2.31. The molecule has 0 spiro atoms. The van der Waals surface area contributed by atoms with Crippen molar-refractivity contribution in [1.82, 2.24) is 9.36 Å². The molecule has 1 rings (SSSR count). The van der Waals surface area contributed by atoms with E-state index in [1.165, 1.54) is 0 Å². The highest BCUT2D eigenvalue weighted by Gasteiger charge is 2.35. The largest absolute Gasteiger partial charge is 0.452 e. The number of nitrogens with one attached hydrogen (secondary N) is 1. The van der Waals surface area contributed by atoms with E-state index >= 15 is 0 Å². The van der Waals surface area contributed by atoms with Gasteiger partial charge in [-0.15, -0.1) is 0 Å². The van der Waals surface area contributed by atoms with Crippen LogP contribution in [-0.4, -0.2) is 32.1 Å². The average molecular weight is 273 g/mol. The highest BCUT2D eigenvalue weighted by molar-refractivity contribution is 7.84. The molecule has 1 N–H and O–H groups in total. The van der Waals surface area contributed by atoms with Crippen LogP contribution in [0, 0.1) is 0 Å². The van der Waals surface area contributed by atoms with Crippen LogP contribution in [0.2, 0.25) is 0 Å². The van der Waals surface area contributed by atoms with Crippen LogP contribution in [0.5, 0.6) is 0 Å². The van der Waals surface area contributed by atoms with Crippen molar-refractivity contribution in [1.29, 1.82) is 0 Å². The van der Waals surface area contributed by atoms with Crippen molar-refractivity contribution in [2.75, 3.05) is 23.9 Å². The molecular formula is C7H10F3N3OS2. The Morgan fingerprint density at radius 3 is 2.69 bits per heavy atom. The maximum atomic E-state index is 12.1. The minimum absolute atomic E-state index is 0.134. The molecule has 1 unspecified atom stereocenters. The zero-order valence-corrected chi connectivity index (χ0v) is 10.0. The number of halogens is 3. The fraction of sp³-hybridized carbons (Fsp3) is 0.714. The summed E-state index contributed by atoms with van der Waals surface area (Å²) in [4.78, 5) is 3.29. The third-order valence-electron chi connectivity index (χ3n) is 1.56. The van der Waals surface area contributed by atoms with Gasteiger partial charge in [-0.2, -0.15) is 22.5 Å². The van der Waals surface area contributed by atoms with E-state index in [-0.39, 0.29) is 5.13 Å². The van der Waals surface area contributed by atoms with E-state index in [0.29, 0.717) is 30.3 Å². The first kappa shape index (κ1) is 13.4. The van der Waals surface area contributed by atoms with E-state index in [0.717, 1.165) is 0 Å². The predicted molar refractivity (Wildman–Crippen MR) is 57.0 cm³/mol. The van der Waals surface area contributed by atoms with Crippen LogP contribution in [-0.2, 0) is 17.0 Å². The van der Waals surface area contributed by atoms with Gasteiger partial charge >= 0.3 is 6.18 Å². The molecule has 9 heteroatoms. The molecule has 16 heavy (non-hydrogen) atoms. The van der Waals surface area contributed by atoms with Crippen LogP contribution in [0.25, 0.3) is 0 Å². The van der Waals surface area contributed by atoms with Crippen molar-refractivity contribution in [2.45, 2.75) is 12.6 Å². The molecule has 4 nitrogen and oxygen atoms in total. The Morgan fingerprint density at radius 1 is 1.50 bits per heavy atom. The minimum Gasteiger partial charge on any atom is -0.360 e. The summed E-state index contributed by atoms with van der Waals surface area (Å²) in [6.45, 7) is 0.437. The molecule has 0 aliphatic rings. The van der Waals surface area contributed by atoms with E-state index in [1.807, 2.05) is 0 Å². The molecule has 0 aliphatic carbocycles. The quantitative estimate of drug-likeness (QED) is 0.830. The van der Waals surface area contributed by atoms with Crippen LogP contribution in [0.4, 0.5) is 18.3 Å². The van der Waals surface area contributed by atoms with Gasteiger partial charge < -0.3 is 5.32 Å². The fourth-order valence-corrected chi connectivity index (χ4v) is 2.04. The Labute approximate surface area is 96.9 Å². The van der Waals surface area contributed by atoms with Crippen LogP contribution < -0.4 is 5.32 Å². The van der Waals surface area contributed by atoms with E-state index in [9.17, 15) is 17.4 Å². The van der Waals surface area contributed by atoms with Crippen molar-refractivity contribution < 1.29 is 17.4 Å². The lowest BCUT2D eigenvalue weighted by Crippen LogP contribution is -2.09. The number of nitrogens with zero attached hydrogens (tertiary/aromatic N) is 2. The Balaban J connectivity index is 2.38. The van der Waals surface area contributed by atoms with Crippen molar-refractivity contribution in [3.8, 4) is 0 Å². The normalized spacial score (nSPS) is 13.8. The number of rotatable bonds is 5. The maximum absolute atomic E-state index is 12.1. The lowest BCUT2D eigenvalue weighted by Gasteiger charge is -2.00. The predicted octanol–water partition coefficient (Wildman–Crippen LogP) is 1.74. The molecule has 0 radical (unpaired) electrons.